The van der Waals surface area contributed by atoms with Gasteiger partial charge in [-0.2, -0.15) is 0 Å². The summed E-state index contributed by atoms with van der Waals surface area (Å²) >= 11 is 0. The number of unbranched alkanes of at least 4 members (excludes halogenated alkanes) is 10. The van der Waals surface area contributed by atoms with Crippen LogP contribution in [0.5, 0.6) is 23.0 Å². The molecule has 1 heterocycles. The molecular formula is C49H70N2O9. The molecule has 1 aliphatic heterocycles. The first-order valence-corrected chi connectivity index (χ1v) is 22.5. The molecule has 1 amide bonds. The van der Waals surface area contributed by atoms with E-state index in [9.17, 15) is 19.8 Å². The third-order valence-electron chi connectivity index (χ3n) is 12.8. The molecule has 3 aliphatic rings. The number of hydrogen-bond acceptors (Lipinski definition) is 10. The Labute approximate surface area is 358 Å². The average Bonchev–Trinajstić information content (AvgIpc) is 3.26. The first-order chi connectivity index (χ1) is 29.3. The highest BCUT2D eigenvalue weighted by molar-refractivity contribution is 6.03. The Kier molecular flexibility index (Phi) is 18.5. The molecule has 6 atom stereocenters. The lowest BCUT2D eigenvalue weighted by molar-refractivity contribution is -0.255. The highest BCUT2D eigenvalue weighted by atomic mass is 16.7. The quantitative estimate of drug-likeness (QED) is 0.0390. The molecule has 0 radical (unpaired) electrons. The Morgan fingerprint density at radius 1 is 0.933 bits per heavy atom. The molecule has 5 rings (SSSR count). The minimum atomic E-state index is -1.30. The number of oxime groups is 1. The van der Waals surface area contributed by atoms with Crippen molar-refractivity contribution < 1.29 is 43.6 Å². The van der Waals surface area contributed by atoms with Gasteiger partial charge in [-0.05, 0) is 85.9 Å². The maximum Gasteiger partial charge on any atom is 0.239 e. The number of aldehydes is 1. The topological polar surface area (TPSA) is 136 Å². The van der Waals surface area contributed by atoms with Gasteiger partial charge in [0.15, 0.2) is 6.29 Å². The van der Waals surface area contributed by atoms with E-state index in [1.54, 1.807) is 31.4 Å². The van der Waals surface area contributed by atoms with E-state index in [1.165, 1.54) is 45.6 Å². The van der Waals surface area contributed by atoms with Crippen LogP contribution in [0.3, 0.4) is 0 Å². The van der Waals surface area contributed by atoms with E-state index in [0.717, 1.165) is 68.1 Å². The van der Waals surface area contributed by atoms with E-state index in [0.29, 0.717) is 54.2 Å². The van der Waals surface area contributed by atoms with Crippen LogP contribution in [0, 0.1) is 17.8 Å². The number of amides is 1. The number of allylic oxidation sites excluding steroid dienone is 1. The molecule has 2 aliphatic carbocycles. The van der Waals surface area contributed by atoms with Crippen molar-refractivity contribution in [2.24, 2.45) is 22.9 Å². The van der Waals surface area contributed by atoms with E-state index in [-0.39, 0.29) is 43.5 Å². The van der Waals surface area contributed by atoms with Crippen molar-refractivity contribution in [1.29, 1.82) is 0 Å². The van der Waals surface area contributed by atoms with E-state index >= 15 is 0 Å². The summed E-state index contributed by atoms with van der Waals surface area (Å²) in [6, 6.07) is 10.4. The van der Waals surface area contributed by atoms with Crippen molar-refractivity contribution in [3.05, 3.63) is 71.8 Å². The molecule has 11 nitrogen and oxygen atoms in total. The van der Waals surface area contributed by atoms with Gasteiger partial charge < -0.3 is 38.9 Å². The second-order valence-corrected chi connectivity index (χ2v) is 16.7. The summed E-state index contributed by atoms with van der Waals surface area (Å²) in [7, 11) is 4.95. The monoisotopic (exact) mass is 831 g/mol. The van der Waals surface area contributed by atoms with E-state index in [4.69, 9.17) is 23.8 Å². The number of methoxy groups -OCH3 is 1. The zero-order chi connectivity index (χ0) is 42.9. The number of carbonyl (C=O) groups is 2. The zero-order valence-electron chi connectivity index (χ0n) is 36.6. The van der Waals surface area contributed by atoms with Crippen LogP contribution in [0.15, 0.2) is 65.9 Å². The maximum absolute atomic E-state index is 14.3. The maximum atomic E-state index is 14.3. The van der Waals surface area contributed by atoms with Crippen LogP contribution in [-0.4, -0.2) is 85.9 Å². The number of rotatable bonds is 27. The van der Waals surface area contributed by atoms with Crippen LogP contribution in [0.1, 0.15) is 138 Å². The number of nitrogens with zero attached hydrogens (tertiary/aromatic N) is 2. The lowest BCUT2D eigenvalue weighted by atomic mass is 9.55. The molecule has 0 bridgehead atoms. The summed E-state index contributed by atoms with van der Waals surface area (Å²) in [6.07, 6.45) is 20.8. The number of hydrogen-bond donors (Lipinski definition) is 2. The summed E-state index contributed by atoms with van der Waals surface area (Å²) in [4.78, 5) is 33.5. The molecule has 6 unspecified atom stereocenters. The summed E-state index contributed by atoms with van der Waals surface area (Å²) < 4.78 is 26.0. The molecule has 2 aromatic rings. The first kappa shape index (κ1) is 46.9. The van der Waals surface area contributed by atoms with Gasteiger partial charge in [0.25, 0.3) is 0 Å². The molecule has 1 saturated carbocycles. The third kappa shape index (κ3) is 11.2. The Balaban J connectivity index is 1.58. The number of ether oxygens (including phenoxy) is 4. The Morgan fingerprint density at radius 2 is 1.62 bits per heavy atom. The molecular weight excluding hydrogens is 761 g/mol. The van der Waals surface area contributed by atoms with Crippen molar-refractivity contribution in [3.63, 3.8) is 0 Å². The molecule has 0 spiro atoms. The molecule has 11 heteroatoms. The van der Waals surface area contributed by atoms with Crippen LogP contribution >= 0.6 is 0 Å². The fraction of sp³-hybridized carbons (Fsp3) is 0.612. The summed E-state index contributed by atoms with van der Waals surface area (Å²) in [6.45, 7) is 6.67. The molecule has 2 aromatic carbocycles. The number of aliphatic hydroxyl groups excluding tert-OH is 2. The third-order valence-corrected chi connectivity index (χ3v) is 12.8. The highest BCUT2D eigenvalue weighted by Gasteiger charge is 2.65. The van der Waals surface area contributed by atoms with Gasteiger partial charge in [0, 0.05) is 44.6 Å². The van der Waals surface area contributed by atoms with Gasteiger partial charge >= 0.3 is 0 Å². The van der Waals surface area contributed by atoms with Crippen LogP contribution < -0.4 is 14.2 Å². The van der Waals surface area contributed by atoms with Crippen LogP contribution in [-0.2, 0) is 14.4 Å². The predicted molar refractivity (Wildman–Crippen MR) is 235 cm³/mol. The second-order valence-electron chi connectivity index (χ2n) is 16.7. The normalized spacial score (nSPS) is 23.5. The van der Waals surface area contributed by atoms with E-state index in [1.807, 2.05) is 30.1 Å². The highest BCUT2D eigenvalue weighted by Crippen LogP contribution is 2.62. The molecule has 60 heavy (non-hydrogen) atoms. The zero-order valence-corrected chi connectivity index (χ0v) is 36.6. The summed E-state index contributed by atoms with van der Waals surface area (Å²) in [5.41, 5.74) is 3.08. The van der Waals surface area contributed by atoms with Crippen LogP contribution in [0.2, 0.25) is 0 Å². The largest absolute Gasteiger partial charge is 0.496 e. The van der Waals surface area contributed by atoms with Gasteiger partial charge in [0.1, 0.15) is 36.1 Å². The van der Waals surface area contributed by atoms with Gasteiger partial charge in [-0.1, -0.05) is 88.4 Å². The molecule has 2 N–H and O–H groups in total. The second kappa shape index (κ2) is 23.7. The van der Waals surface area contributed by atoms with E-state index < -0.39 is 17.7 Å². The van der Waals surface area contributed by atoms with Gasteiger partial charge in [-0.15, -0.1) is 6.58 Å². The average molecular weight is 831 g/mol. The Bertz CT molecular complexity index is 1760. The van der Waals surface area contributed by atoms with Gasteiger partial charge in [-0.3, -0.25) is 9.59 Å². The minimum Gasteiger partial charge on any atom is -0.496 e. The Hall–Kier alpha value is -4.19. The molecule has 0 aromatic heterocycles. The number of aliphatic hydroxyl groups is 2. The smallest absolute Gasteiger partial charge is 0.239 e. The van der Waals surface area contributed by atoms with Crippen molar-refractivity contribution in [2.75, 3.05) is 41.1 Å². The fourth-order valence-corrected chi connectivity index (χ4v) is 9.84. The number of benzene rings is 2. The molecule has 1 fully saturated rings. The van der Waals surface area contributed by atoms with Crippen molar-refractivity contribution in [2.45, 2.75) is 134 Å². The van der Waals surface area contributed by atoms with Crippen molar-refractivity contribution >= 4 is 17.9 Å². The molecule has 330 valence electrons. The first-order valence-electron chi connectivity index (χ1n) is 22.5. The summed E-state index contributed by atoms with van der Waals surface area (Å²) in [5, 5.41) is 24.4. The lowest BCUT2D eigenvalue weighted by Gasteiger charge is -2.59. The fourth-order valence-electron chi connectivity index (χ4n) is 9.84. The van der Waals surface area contributed by atoms with Gasteiger partial charge in [0.05, 0.1) is 30.9 Å². The number of likely N-dealkylation sites (N-methyl/N-ethyl adjacent to an activating group) is 1. The predicted octanol–water partition coefficient (Wildman–Crippen LogP) is 9.94. The number of carbonyl (C=O) groups excluding carboxylic acids is 2. The van der Waals surface area contributed by atoms with E-state index in [2.05, 4.69) is 24.7 Å². The number of fused-ring (bicyclic) bond motifs is 2. The van der Waals surface area contributed by atoms with Crippen molar-refractivity contribution in [1.82, 2.24) is 4.90 Å². The lowest BCUT2D eigenvalue weighted by Crippen LogP contribution is -2.69. The standard InChI is InChI=1S/C49H70N2O9/c1-6-8-9-10-11-12-13-14-15-22-46(55)51(3)45-33-42(50-57-5)40-31-35(20-16-18-27-52)39(21-17-19-28-53)47-41-32-38(59-37-23-25-43(56-4)36(30-37)34-54)24-26-44(41)60-49(45,48(40)47)58-29-7-2/h7,23-26,30-32,34-35,39,45,47-48,52-53H,2,6,8-22,27-29,33H2,1,3-5H3. The Morgan fingerprint density at radius 3 is 2.28 bits per heavy atom. The molecule has 0 saturated heterocycles. The summed E-state index contributed by atoms with van der Waals surface area (Å²) in [5.74, 6) is 0.542. The minimum absolute atomic E-state index is 0.0368. The van der Waals surface area contributed by atoms with Gasteiger partial charge in [-0.25, -0.2) is 0 Å². The SMILES string of the molecule is C=CCOC12Oc3ccc(Oc4ccc(OC)c(C=O)c4)cc3C3C(CCCCO)C(CCCCO)C=C(C(=NOC)CC1N(C)C(=O)CCCCCCCCCCC)C32. The van der Waals surface area contributed by atoms with Crippen molar-refractivity contribution in [3.8, 4) is 23.0 Å². The van der Waals surface area contributed by atoms with Crippen LogP contribution in [0.4, 0.5) is 0 Å². The van der Waals surface area contributed by atoms with Gasteiger partial charge in [0.2, 0.25) is 11.7 Å². The van der Waals surface area contributed by atoms with Crippen LogP contribution in [0.25, 0.3) is 0 Å².